The third-order valence-corrected chi connectivity index (χ3v) is 2.87. The van der Waals surface area contributed by atoms with Gasteiger partial charge in [0.2, 0.25) is 0 Å². The van der Waals surface area contributed by atoms with Crippen molar-refractivity contribution in [2.24, 2.45) is 7.05 Å². The molecular weight excluding hydrogens is 240 g/mol. The van der Waals surface area contributed by atoms with Gasteiger partial charge in [0.25, 0.3) is 5.91 Å². The number of nitrogens with zero attached hydrogens (tertiary/aromatic N) is 3. The van der Waals surface area contributed by atoms with Gasteiger partial charge in [0.15, 0.2) is 0 Å². The second-order valence-corrected chi connectivity index (χ2v) is 4.65. The van der Waals surface area contributed by atoms with E-state index in [0.29, 0.717) is 12.1 Å². The molecule has 2 rings (SSSR count). The van der Waals surface area contributed by atoms with E-state index in [2.05, 4.69) is 10.4 Å². The smallest absolute Gasteiger partial charge is 0.254 e. The summed E-state index contributed by atoms with van der Waals surface area (Å²) in [5.41, 5.74) is 2.79. The molecular formula is C14H18N4O. The van der Waals surface area contributed by atoms with Crippen LogP contribution < -0.4 is 10.2 Å². The highest BCUT2D eigenvalue weighted by molar-refractivity contribution is 5.93. The summed E-state index contributed by atoms with van der Waals surface area (Å²) in [4.78, 5) is 13.9. The Kier molecular flexibility index (Phi) is 3.85. The molecule has 0 aliphatic carbocycles. The Balaban J connectivity index is 1.93. The van der Waals surface area contributed by atoms with Crippen molar-refractivity contribution >= 4 is 11.6 Å². The van der Waals surface area contributed by atoms with E-state index in [0.717, 1.165) is 11.3 Å². The molecule has 0 aliphatic heterocycles. The summed E-state index contributed by atoms with van der Waals surface area (Å²) in [6.45, 7) is 0.515. The molecule has 0 spiro atoms. The van der Waals surface area contributed by atoms with E-state index in [4.69, 9.17) is 0 Å². The van der Waals surface area contributed by atoms with Crippen LogP contribution in [0.4, 0.5) is 5.69 Å². The van der Waals surface area contributed by atoms with Crippen LogP contribution in [-0.4, -0.2) is 29.8 Å². The lowest BCUT2D eigenvalue weighted by Crippen LogP contribution is -2.22. The van der Waals surface area contributed by atoms with E-state index in [1.54, 1.807) is 24.1 Å². The van der Waals surface area contributed by atoms with Gasteiger partial charge in [0, 0.05) is 39.6 Å². The molecule has 0 fully saturated rings. The summed E-state index contributed by atoms with van der Waals surface area (Å²) < 4.78 is 1.61. The number of benzene rings is 1. The number of nitrogens with one attached hydrogen (secondary N) is 1. The van der Waals surface area contributed by atoms with Gasteiger partial charge in [-0.15, -0.1) is 0 Å². The van der Waals surface area contributed by atoms with Gasteiger partial charge in [-0.1, -0.05) is 12.1 Å². The van der Waals surface area contributed by atoms with Crippen molar-refractivity contribution in [3.8, 4) is 0 Å². The number of carbonyl (C=O) groups excluding carboxylic acids is 1. The van der Waals surface area contributed by atoms with Crippen LogP contribution in [0.25, 0.3) is 0 Å². The molecule has 0 unspecified atom stereocenters. The predicted octanol–water partition coefficient (Wildman–Crippen LogP) is 1.42. The Bertz CT molecular complexity index is 557. The standard InChI is InChI=1S/C14H18N4O/c1-17(2)13-6-4-11(5-7-13)8-15-14(19)12-9-16-18(3)10-12/h4-7,9-10H,8H2,1-3H3,(H,15,19). The number of amides is 1. The minimum absolute atomic E-state index is 0.107. The van der Waals surface area contributed by atoms with Gasteiger partial charge in [-0.2, -0.15) is 5.10 Å². The lowest BCUT2D eigenvalue weighted by Gasteiger charge is -2.12. The molecule has 1 aromatic carbocycles. The fourth-order valence-corrected chi connectivity index (χ4v) is 1.73. The van der Waals surface area contributed by atoms with Crippen LogP contribution in [0.15, 0.2) is 36.7 Å². The molecule has 1 N–H and O–H groups in total. The van der Waals surface area contributed by atoms with Crippen LogP contribution in [0.5, 0.6) is 0 Å². The molecule has 1 heterocycles. The molecule has 0 saturated heterocycles. The molecule has 0 radical (unpaired) electrons. The second-order valence-electron chi connectivity index (χ2n) is 4.65. The van der Waals surface area contributed by atoms with Crippen LogP contribution in [0.3, 0.4) is 0 Å². The van der Waals surface area contributed by atoms with Crippen LogP contribution in [0, 0.1) is 0 Å². The normalized spacial score (nSPS) is 10.3. The first-order valence-corrected chi connectivity index (χ1v) is 6.09. The predicted molar refractivity (Wildman–Crippen MR) is 75.1 cm³/mol. The first kappa shape index (κ1) is 13.1. The SMILES string of the molecule is CN(C)c1ccc(CNC(=O)c2cnn(C)c2)cc1. The Morgan fingerprint density at radius 2 is 2.00 bits per heavy atom. The molecule has 0 saturated carbocycles. The maximum absolute atomic E-state index is 11.8. The van der Waals surface area contributed by atoms with Crippen molar-refractivity contribution in [3.63, 3.8) is 0 Å². The largest absolute Gasteiger partial charge is 0.378 e. The summed E-state index contributed by atoms with van der Waals surface area (Å²) in [6.07, 6.45) is 3.26. The van der Waals surface area contributed by atoms with Crippen LogP contribution in [-0.2, 0) is 13.6 Å². The van der Waals surface area contributed by atoms with Crippen molar-refractivity contribution in [1.82, 2.24) is 15.1 Å². The molecule has 19 heavy (non-hydrogen) atoms. The maximum Gasteiger partial charge on any atom is 0.254 e. The fraction of sp³-hybridized carbons (Fsp3) is 0.286. The number of rotatable bonds is 4. The summed E-state index contributed by atoms with van der Waals surface area (Å²) in [5, 5.41) is 6.85. The lowest BCUT2D eigenvalue weighted by atomic mass is 10.2. The van der Waals surface area contributed by atoms with Crippen LogP contribution >= 0.6 is 0 Å². The number of hydrogen-bond acceptors (Lipinski definition) is 3. The zero-order valence-electron chi connectivity index (χ0n) is 11.4. The molecule has 2 aromatic rings. The number of carbonyl (C=O) groups is 1. The Morgan fingerprint density at radius 1 is 1.32 bits per heavy atom. The van der Waals surface area contributed by atoms with E-state index in [1.807, 2.05) is 43.3 Å². The average Bonchev–Trinajstić information content (AvgIpc) is 2.83. The van der Waals surface area contributed by atoms with Gasteiger partial charge in [-0.25, -0.2) is 0 Å². The van der Waals surface area contributed by atoms with Gasteiger partial charge in [0.05, 0.1) is 11.8 Å². The van der Waals surface area contributed by atoms with Crippen molar-refractivity contribution < 1.29 is 4.79 Å². The molecule has 100 valence electrons. The van der Waals surface area contributed by atoms with Crippen LogP contribution in [0.1, 0.15) is 15.9 Å². The highest BCUT2D eigenvalue weighted by atomic mass is 16.1. The van der Waals surface area contributed by atoms with E-state index < -0.39 is 0 Å². The molecule has 0 aliphatic rings. The zero-order chi connectivity index (χ0) is 13.8. The number of hydrogen-bond donors (Lipinski definition) is 1. The minimum Gasteiger partial charge on any atom is -0.378 e. The zero-order valence-corrected chi connectivity index (χ0v) is 11.4. The van der Waals surface area contributed by atoms with E-state index >= 15 is 0 Å². The molecule has 5 heteroatoms. The monoisotopic (exact) mass is 258 g/mol. The summed E-state index contributed by atoms with van der Waals surface area (Å²) in [7, 11) is 5.79. The molecule has 1 aromatic heterocycles. The number of anilines is 1. The summed E-state index contributed by atoms with van der Waals surface area (Å²) in [6, 6.07) is 8.09. The number of aromatic nitrogens is 2. The second kappa shape index (κ2) is 5.56. The van der Waals surface area contributed by atoms with Crippen molar-refractivity contribution in [3.05, 3.63) is 47.8 Å². The Hall–Kier alpha value is -2.30. The average molecular weight is 258 g/mol. The quantitative estimate of drug-likeness (QED) is 0.902. The van der Waals surface area contributed by atoms with Gasteiger partial charge >= 0.3 is 0 Å². The van der Waals surface area contributed by atoms with E-state index in [1.165, 1.54) is 0 Å². The van der Waals surface area contributed by atoms with Gasteiger partial charge < -0.3 is 10.2 Å². The molecule has 0 bridgehead atoms. The molecule has 5 nitrogen and oxygen atoms in total. The van der Waals surface area contributed by atoms with E-state index in [-0.39, 0.29) is 5.91 Å². The molecule has 1 amide bonds. The first-order valence-electron chi connectivity index (χ1n) is 6.09. The highest BCUT2D eigenvalue weighted by Gasteiger charge is 2.07. The number of aryl methyl sites for hydroxylation is 1. The molecule has 0 atom stereocenters. The van der Waals surface area contributed by atoms with Crippen molar-refractivity contribution in [1.29, 1.82) is 0 Å². The van der Waals surface area contributed by atoms with Crippen molar-refractivity contribution in [2.75, 3.05) is 19.0 Å². The minimum atomic E-state index is -0.107. The first-order chi connectivity index (χ1) is 9.06. The van der Waals surface area contributed by atoms with Gasteiger partial charge in [-0.05, 0) is 17.7 Å². The third-order valence-electron chi connectivity index (χ3n) is 2.87. The fourth-order valence-electron chi connectivity index (χ4n) is 1.73. The third kappa shape index (κ3) is 3.34. The Labute approximate surface area is 112 Å². The maximum atomic E-state index is 11.8. The summed E-state index contributed by atoms with van der Waals surface area (Å²) >= 11 is 0. The summed E-state index contributed by atoms with van der Waals surface area (Å²) in [5.74, 6) is -0.107. The van der Waals surface area contributed by atoms with Gasteiger partial charge in [-0.3, -0.25) is 9.48 Å². The Morgan fingerprint density at radius 3 is 2.53 bits per heavy atom. The van der Waals surface area contributed by atoms with Crippen LogP contribution in [0.2, 0.25) is 0 Å². The lowest BCUT2D eigenvalue weighted by molar-refractivity contribution is 0.0951. The van der Waals surface area contributed by atoms with Crippen molar-refractivity contribution in [2.45, 2.75) is 6.54 Å². The highest BCUT2D eigenvalue weighted by Crippen LogP contribution is 2.12. The van der Waals surface area contributed by atoms with E-state index in [9.17, 15) is 4.79 Å². The topological polar surface area (TPSA) is 50.2 Å². The van der Waals surface area contributed by atoms with Gasteiger partial charge in [0.1, 0.15) is 0 Å².